The Morgan fingerprint density at radius 1 is 1.50 bits per heavy atom. The van der Waals surface area contributed by atoms with E-state index in [0.29, 0.717) is 5.82 Å². The van der Waals surface area contributed by atoms with Gasteiger partial charge in [-0.3, -0.25) is 0 Å². The lowest BCUT2D eigenvalue weighted by atomic mass is 10.5. The third kappa shape index (κ3) is 0.781. The van der Waals surface area contributed by atoms with Crippen LogP contribution in [0.4, 0.5) is 0 Å². The van der Waals surface area contributed by atoms with Gasteiger partial charge in [0, 0.05) is 5.38 Å². The molecule has 0 spiro atoms. The van der Waals surface area contributed by atoms with E-state index in [9.17, 15) is 0 Å². The van der Waals surface area contributed by atoms with Crippen molar-refractivity contribution in [3.05, 3.63) is 10.9 Å². The van der Waals surface area contributed by atoms with Crippen molar-refractivity contribution < 1.29 is 0 Å². The molecule has 0 aromatic carbocycles. The Labute approximate surface area is 60.1 Å². The summed E-state index contributed by atoms with van der Waals surface area (Å²) in [5, 5.41) is 15.0. The van der Waals surface area contributed by atoms with E-state index in [4.69, 9.17) is 0 Å². The Hall–Kier alpha value is -1.30. The van der Waals surface area contributed by atoms with E-state index in [-0.39, 0.29) is 0 Å². The topological polar surface area (TPSA) is 67.3 Å². The van der Waals surface area contributed by atoms with Crippen molar-refractivity contribution in [2.24, 2.45) is 0 Å². The molecule has 0 fully saturated rings. The van der Waals surface area contributed by atoms with E-state index in [1.807, 2.05) is 5.38 Å². The summed E-state index contributed by atoms with van der Waals surface area (Å²) in [5.41, 5.74) is 2.52. The summed E-state index contributed by atoms with van der Waals surface area (Å²) in [6.07, 6.45) is 0. The van der Waals surface area contributed by atoms with E-state index in [1.54, 1.807) is 5.51 Å². The Balaban J connectivity index is 2.48. The van der Waals surface area contributed by atoms with E-state index in [2.05, 4.69) is 25.6 Å². The molecule has 5 nitrogen and oxygen atoms in total. The number of rotatable bonds is 1. The molecule has 0 aliphatic carbocycles. The van der Waals surface area contributed by atoms with Crippen molar-refractivity contribution in [1.82, 2.24) is 25.6 Å². The summed E-state index contributed by atoms with van der Waals surface area (Å²) in [6, 6.07) is 0. The fourth-order valence-corrected chi connectivity index (χ4v) is 1.13. The van der Waals surface area contributed by atoms with E-state index in [0.717, 1.165) is 5.69 Å². The number of hydrogen-bond acceptors (Lipinski definition) is 5. The lowest BCUT2D eigenvalue weighted by Gasteiger charge is -1.80. The predicted octanol–water partition coefficient (Wildman–Crippen LogP) is 0.323. The molecule has 6 heteroatoms. The van der Waals surface area contributed by atoms with Gasteiger partial charge in [-0.25, -0.2) is 10.1 Å². The van der Waals surface area contributed by atoms with Gasteiger partial charge in [0.25, 0.3) is 0 Å². The van der Waals surface area contributed by atoms with Gasteiger partial charge in [0.05, 0.1) is 5.51 Å². The molecular formula is C4H3N5S. The summed E-state index contributed by atoms with van der Waals surface area (Å²) >= 11 is 1.51. The molecule has 0 bridgehead atoms. The predicted molar refractivity (Wildman–Crippen MR) is 35.3 cm³/mol. The fraction of sp³-hybridized carbons (Fsp3) is 0. The van der Waals surface area contributed by atoms with Gasteiger partial charge < -0.3 is 0 Å². The molecular weight excluding hydrogens is 150 g/mol. The average Bonchev–Trinajstić information content (AvgIpc) is 2.59. The SMILES string of the molecule is c1nc(-c2nnn[nH]2)cs1. The van der Waals surface area contributed by atoms with Gasteiger partial charge in [-0.2, -0.15) is 0 Å². The first kappa shape index (κ1) is 5.48. The Bertz CT molecular complexity index is 253. The zero-order valence-corrected chi connectivity index (χ0v) is 5.67. The van der Waals surface area contributed by atoms with Crippen LogP contribution in [0.25, 0.3) is 11.5 Å². The number of tetrazole rings is 1. The van der Waals surface area contributed by atoms with Crippen LogP contribution in [0.15, 0.2) is 10.9 Å². The van der Waals surface area contributed by atoms with Crippen molar-refractivity contribution in [2.45, 2.75) is 0 Å². The highest BCUT2D eigenvalue weighted by atomic mass is 32.1. The van der Waals surface area contributed by atoms with Crippen LogP contribution in [-0.2, 0) is 0 Å². The molecule has 1 N–H and O–H groups in total. The molecule has 2 aromatic heterocycles. The van der Waals surface area contributed by atoms with Crippen LogP contribution < -0.4 is 0 Å². The van der Waals surface area contributed by atoms with Gasteiger partial charge in [-0.1, -0.05) is 0 Å². The normalized spacial score (nSPS) is 10.0. The van der Waals surface area contributed by atoms with Crippen LogP contribution in [0.5, 0.6) is 0 Å². The van der Waals surface area contributed by atoms with Crippen LogP contribution in [0.1, 0.15) is 0 Å². The number of nitrogens with zero attached hydrogens (tertiary/aromatic N) is 4. The Morgan fingerprint density at radius 2 is 2.50 bits per heavy atom. The molecule has 0 saturated carbocycles. The zero-order chi connectivity index (χ0) is 6.81. The molecule has 2 aromatic rings. The molecule has 50 valence electrons. The first-order valence-corrected chi connectivity index (χ1v) is 3.53. The van der Waals surface area contributed by atoms with Gasteiger partial charge in [-0.15, -0.1) is 16.4 Å². The molecule has 0 amide bonds. The van der Waals surface area contributed by atoms with E-state index in [1.165, 1.54) is 11.3 Å². The molecule has 10 heavy (non-hydrogen) atoms. The van der Waals surface area contributed by atoms with Gasteiger partial charge in [-0.05, 0) is 10.4 Å². The summed E-state index contributed by atoms with van der Waals surface area (Å²) in [7, 11) is 0. The van der Waals surface area contributed by atoms with Crippen molar-refractivity contribution in [2.75, 3.05) is 0 Å². The fourth-order valence-electron chi connectivity index (χ4n) is 0.597. The highest BCUT2D eigenvalue weighted by Gasteiger charge is 2.01. The molecule has 0 saturated heterocycles. The van der Waals surface area contributed by atoms with E-state index >= 15 is 0 Å². The zero-order valence-electron chi connectivity index (χ0n) is 4.85. The molecule has 0 atom stereocenters. The minimum absolute atomic E-state index is 0.612. The van der Waals surface area contributed by atoms with E-state index < -0.39 is 0 Å². The van der Waals surface area contributed by atoms with Crippen LogP contribution in [0.3, 0.4) is 0 Å². The summed E-state index contributed by atoms with van der Waals surface area (Å²) in [5.74, 6) is 0.612. The molecule has 0 aliphatic rings. The summed E-state index contributed by atoms with van der Waals surface area (Å²) in [6.45, 7) is 0. The van der Waals surface area contributed by atoms with Crippen LogP contribution in [0, 0.1) is 0 Å². The number of nitrogens with one attached hydrogen (secondary N) is 1. The first-order valence-electron chi connectivity index (χ1n) is 2.59. The number of aromatic nitrogens is 5. The lowest BCUT2D eigenvalue weighted by molar-refractivity contribution is 0.881. The molecule has 0 aliphatic heterocycles. The highest BCUT2D eigenvalue weighted by Crippen LogP contribution is 2.11. The average molecular weight is 153 g/mol. The van der Waals surface area contributed by atoms with Gasteiger partial charge in [0.1, 0.15) is 5.69 Å². The Kier molecular flexibility index (Phi) is 1.17. The molecule has 2 rings (SSSR count). The molecule has 0 unspecified atom stereocenters. The van der Waals surface area contributed by atoms with Gasteiger partial charge >= 0.3 is 0 Å². The number of H-pyrrole nitrogens is 1. The number of aromatic amines is 1. The number of thiazole rings is 1. The van der Waals surface area contributed by atoms with Gasteiger partial charge in [0.2, 0.25) is 0 Å². The van der Waals surface area contributed by atoms with Crippen LogP contribution in [-0.4, -0.2) is 25.6 Å². The summed E-state index contributed by atoms with van der Waals surface area (Å²) < 4.78 is 0. The third-order valence-electron chi connectivity index (χ3n) is 1.02. The van der Waals surface area contributed by atoms with Crippen molar-refractivity contribution >= 4 is 11.3 Å². The third-order valence-corrected chi connectivity index (χ3v) is 1.61. The minimum Gasteiger partial charge on any atom is -0.241 e. The summed E-state index contributed by atoms with van der Waals surface area (Å²) in [4.78, 5) is 4.00. The van der Waals surface area contributed by atoms with Gasteiger partial charge in [0.15, 0.2) is 5.82 Å². The minimum atomic E-state index is 0.612. The maximum absolute atomic E-state index is 4.00. The second kappa shape index (κ2) is 2.14. The number of hydrogen-bond donors (Lipinski definition) is 1. The maximum Gasteiger partial charge on any atom is 0.198 e. The quantitative estimate of drug-likeness (QED) is 0.640. The van der Waals surface area contributed by atoms with Crippen molar-refractivity contribution in [3.63, 3.8) is 0 Å². The largest absolute Gasteiger partial charge is 0.241 e. The smallest absolute Gasteiger partial charge is 0.198 e. The lowest BCUT2D eigenvalue weighted by Crippen LogP contribution is -1.78. The van der Waals surface area contributed by atoms with Crippen LogP contribution >= 0.6 is 11.3 Å². The molecule has 2 heterocycles. The second-order valence-corrected chi connectivity index (χ2v) is 2.34. The molecule has 0 radical (unpaired) electrons. The standard InChI is InChI=1S/C4H3N5S/c1-3(5-2-10-1)4-6-8-9-7-4/h1-2H,(H,6,7,8,9). The van der Waals surface area contributed by atoms with Crippen LogP contribution in [0.2, 0.25) is 0 Å². The second-order valence-electron chi connectivity index (χ2n) is 1.62. The monoisotopic (exact) mass is 153 g/mol. The Morgan fingerprint density at radius 3 is 3.10 bits per heavy atom. The van der Waals surface area contributed by atoms with Crippen molar-refractivity contribution in [1.29, 1.82) is 0 Å². The first-order chi connectivity index (χ1) is 4.97. The highest BCUT2D eigenvalue weighted by molar-refractivity contribution is 7.07. The van der Waals surface area contributed by atoms with Crippen molar-refractivity contribution in [3.8, 4) is 11.5 Å². The maximum atomic E-state index is 4.00.